The van der Waals surface area contributed by atoms with Gasteiger partial charge in [0.1, 0.15) is 0 Å². The number of carbonyl (C=O) groups is 1. The second-order valence-electron chi connectivity index (χ2n) is 7.68. The molecule has 146 valence electrons. The Kier molecular flexibility index (Phi) is 4.60. The summed E-state index contributed by atoms with van der Waals surface area (Å²) >= 11 is 0. The van der Waals surface area contributed by atoms with Crippen molar-refractivity contribution in [2.45, 2.75) is 25.2 Å². The molecule has 5 rings (SSSR count). The van der Waals surface area contributed by atoms with Crippen LogP contribution in [0.15, 0.2) is 60.8 Å². The highest BCUT2D eigenvalue weighted by atomic mass is 16.2. The maximum Gasteiger partial charge on any atom is 0.275 e. The highest BCUT2D eigenvalue weighted by Crippen LogP contribution is 2.30. The molecule has 1 saturated heterocycles. The molecule has 1 fully saturated rings. The molecule has 0 unspecified atom stereocenters. The van der Waals surface area contributed by atoms with Gasteiger partial charge in [0.25, 0.3) is 5.91 Å². The van der Waals surface area contributed by atoms with Crippen LogP contribution in [0.3, 0.4) is 0 Å². The second kappa shape index (κ2) is 7.54. The Morgan fingerprint density at radius 3 is 2.79 bits per heavy atom. The summed E-state index contributed by atoms with van der Waals surface area (Å²) in [6.45, 7) is 1.45. The van der Waals surface area contributed by atoms with Gasteiger partial charge in [-0.15, -0.1) is 0 Å². The molecule has 2 N–H and O–H groups in total. The van der Waals surface area contributed by atoms with E-state index in [0.29, 0.717) is 12.2 Å². The molecule has 6 nitrogen and oxygen atoms in total. The van der Waals surface area contributed by atoms with Crippen LogP contribution >= 0.6 is 0 Å². The fourth-order valence-electron chi connectivity index (χ4n) is 4.30. The van der Waals surface area contributed by atoms with Crippen molar-refractivity contribution in [3.8, 4) is 0 Å². The van der Waals surface area contributed by atoms with Crippen molar-refractivity contribution in [3.05, 3.63) is 83.3 Å². The lowest BCUT2D eigenvalue weighted by Gasteiger charge is -2.32. The smallest absolute Gasteiger partial charge is 0.275 e. The largest absolute Gasteiger partial charge is 0.337 e. The lowest BCUT2D eigenvalue weighted by Crippen LogP contribution is -2.39. The normalized spacial score (nSPS) is 17.0. The summed E-state index contributed by atoms with van der Waals surface area (Å²) in [6.07, 6.45) is 4.79. The molecule has 6 heteroatoms. The number of fused-ring (bicyclic) bond motifs is 1. The number of benzene rings is 2. The van der Waals surface area contributed by atoms with Gasteiger partial charge in [0, 0.05) is 36.5 Å². The Labute approximate surface area is 168 Å². The minimum atomic E-state index is -0.00345. The van der Waals surface area contributed by atoms with Gasteiger partial charge in [0.15, 0.2) is 5.69 Å². The van der Waals surface area contributed by atoms with Crippen molar-refractivity contribution in [2.75, 3.05) is 13.1 Å². The molecule has 0 saturated carbocycles. The van der Waals surface area contributed by atoms with Crippen LogP contribution in [0.1, 0.15) is 46.1 Å². The molecule has 1 atom stereocenters. The standard InChI is InChI=1S/C23H23N5O/c29-23(22-19-10-4-5-11-20(19)25-27-22)28-12-6-9-17(15-28)21-18(14-24-26-21)13-16-7-2-1-3-8-16/h1-5,7-8,10-11,14,17H,6,9,12-13,15H2,(H,24,26)(H,25,27)/t17-/m0/s1. The first-order chi connectivity index (χ1) is 14.3. The number of aromatic amines is 2. The number of nitrogens with zero attached hydrogens (tertiary/aromatic N) is 3. The third kappa shape index (κ3) is 3.42. The zero-order chi connectivity index (χ0) is 19.6. The van der Waals surface area contributed by atoms with Crippen molar-refractivity contribution in [3.63, 3.8) is 0 Å². The third-order valence-corrected chi connectivity index (χ3v) is 5.78. The molecule has 0 aliphatic carbocycles. The molecule has 4 aromatic rings. The highest BCUT2D eigenvalue weighted by Gasteiger charge is 2.29. The van der Waals surface area contributed by atoms with Gasteiger partial charge in [0.2, 0.25) is 0 Å². The molecule has 0 spiro atoms. The quantitative estimate of drug-likeness (QED) is 0.559. The average molecular weight is 385 g/mol. The number of carbonyl (C=O) groups excluding carboxylic acids is 1. The van der Waals surface area contributed by atoms with Crippen LogP contribution in [0, 0.1) is 0 Å². The number of aromatic nitrogens is 4. The molecule has 29 heavy (non-hydrogen) atoms. The van der Waals surface area contributed by atoms with E-state index in [1.165, 1.54) is 11.1 Å². The van der Waals surface area contributed by atoms with Gasteiger partial charge in [-0.25, -0.2) is 0 Å². The monoisotopic (exact) mass is 385 g/mol. The lowest BCUT2D eigenvalue weighted by atomic mass is 9.90. The van der Waals surface area contributed by atoms with Gasteiger partial charge in [-0.3, -0.25) is 15.0 Å². The number of piperidine rings is 1. The first-order valence-electron chi connectivity index (χ1n) is 10.1. The van der Waals surface area contributed by atoms with E-state index in [9.17, 15) is 4.79 Å². The van der Waals surface area contributed by atoms with Gasteiger partial charge >= 0.3 is 0 Å². The average Bonchev–Trinajstić information content (AvgIpc) is 3.41. The van der Waals surface area contributed by atoms with Gasteiger partial charge in [0.05, 0.1) is 11.7 Å². The van der Waals surface area contributed by atoms with Crippen molar-refractivity contribution in [1.29, 1.82) is 0 Å². The number of rotatable bonds is 4. The van der Waals surface area contributed by atoms with Crippen molar-refractivity contribution in [2.24, 2.45) is 0 Å². The number of nitrogens with one attached hydrogen (secondary N) is 2. The Balaban J connectivity index is 1.36. The van der Waals surface area contributed by atoms with Crippen molar-refractivity contribution < 1.29 is 4.79 Å². The maximum absolute atomic E-state index is 13.2. The molecule has 1 aliphatic heterocycles. The van der Waals surface area contributed by atoms with Crippen LogP contribution < -0.4 is 0 Å². The minimum absolute atomic E-state index is 0.00345. The Hall–Kier alpha value is -3.41. The molecular formula is C23H23N5O. The maximum atomic E-state index is 13.2. The van der Waals surface area contributed by atoms with Crippen LogP contribution in [0.2, 0.25) is 0 Å². The molecule has 0 bridgehead atoms. The van der Waals surface area contributed by atoms with E-state index in [-0.39, 0.29) is 11.8 Å². The van der Waals surface area contributed by atoms with Crippen molar-refractivity contribution >= 4 is 16.8 Å². The summed E-state index contributed by atoms with van der Waals surface area (Å²) in [7, 11) is 0. The summed E-state index contributed by atoms with van der Waals surface area (Å²) in [5.41, 5.74) is 5.03. The van der Waals surface area contributed by atoms with E-state index >= 15 is 0 Å². The van der Waals surface area contributed by atoms with Crippen LogP contribution in [0.5, 0.6) is 0 Å². The van der Waals surface area contributed by atoms with E-state index < -0.39 is 0 Å². The molecule has 2 aromatic carbocycles. The first-order valence-corrected chi connectivity index (χ1v) is 10.1. The van der Waals surface area contributed by atoms with E-state index in [4.69, 9.17) is 0 Å². The predicted molar refractivity (Wildman–Crippen MR) is 112 cm³/mol. The van der Waals surface area contributed by atoms with E-state index in [1.54, 1.807) is 0 Å². The molecule has 0 radical (unpaired) electrons. The van der Waals surface area contributed by atoms with Crippen molar-refractivity contribution in [1.82, 2.24) is 25.3 Å². The summed E-state index contributed by atoms with van der Waals surface area (Å²) in [6, 6.07) is 18.2. The number of hydrogen-bond donors (Lipinski definition) is 2. The van der Waals surface area contributed by atoms with Crippen LogP contribution in [0.25, 0.3) is 10.9 Å². The van der Waals surface area contributed by atoms with E-state index in [0.717, 1.165) is 42.4 Å². The molecule has 1 aliphatic rings. The minimum Gasteiger partial charge on any atom is -0.337 e. The zero-order valence-corrected chi connectivity index (χ0v) is 16.1. The predicted octanol–water partition coefficient (Wildman–Crippen LogP) is 3.90. The van der Waals surface area contributed by atoms with Crippen LogP contribution in [0.4, 0.5) is 0 Å². The number of amides is 1. The number of H-pyrrole nitrogens is 2. The van der Waals surface area contributed by atoms with E-state index in [2.05, 4.69) is 44.7 Å². The summed E-state index contributed by atoms with van der Waals surface area (Å²) in [5.74, 6) is 0.260. The second-order valence-corrected chi connectivity index (χ2v) is 7.68. The first kappa shape index (κ1) is 17.7. The SMILES string of the molecule is O=C(c1n[nH]c2ccccc12)N1CCC[C@H](c2[nH]ncc2Cc2ccccc2)C1. The zero-order valence-electron chi connectivity index (χ0n) is 16.1. The van der Waals surface area contributed by atoms with Gasteiger partial charge < -0.3 is 4.90 Å². The lowest BCUT2D eigenvalue weighted by molar-refractivity contribution is 0.0701. The Bertz CT molecular complexity index is 1130. The van der Waals surface area contributed by atoms with Gasteiger partial charge in [-0.05, 0) is 30.0 Å². The fourth-order valence-corrected chi connectivity index (χ4v) is 4.30. The van der Waals surface area contributed by atoms with Gasteiger partial charge in [-0.2, -0.15) is 10.2 Å². The summed E-state index contributed by atoms with van der Waals surface area (Å²) in [5, 5.41) is 15.7. The molecule has 2 aromatic heterocycles. The van der Waals surface area contributed by atoms with Gasteiger partial charge in [-0.1, -0.05) is 48.5 Å². The number of likely N-dealkylation sites (tertiary alicyclic amines) is 1. The molecule has 1 amide bonds. The fraction of sp³-hybridized carbons (Fsp3) is 0.261. The topological polar surface area (TPSA) is 77.7 Å². The van der Waals surface area contributed by atoms with Crippen LogP contribution in [-0.2, 0) is 6.42 Å². The third-order valence-electron chi connectivity index (χ3n) is 5.78. The molecule has 3 heterocycles. The summed E-state index contributed by atoms with van der Waals surface area (Å²) < 4.78 is 0. The van der Waals surface area contributed by atoms with Crippen LogP contribution in [-0.4, -0.2) is 44.3 Å². The Morgan fingerprint density at radius 2 is 1.90 bits per heavy atom. The number of hydrogen-bond acceptors (Lipinski definition) is 3. The molecular weight excluding hydrogens is 362 g/mol. The van der Waals surface area contributed by atoms with E-state index in [1.807, 2.05) is 41.4 Å². The number of para-hydroxylation sites is 1. The summed E-state index contributed by atoms with van der Waals surface area (Å²) in [4.78, 5) is 15.1. The highest BCUT2D eigenvalue weighted by molar-refractivity contribution is 6.04. The Morgan fingerprint density at radius 1 is 1.07 bits per heavy atom.